The maximum atomic E-state index is 14.0. The number of ether oxygens (including phenoxy) is 3. The molecule has 0 saturated heterocycles. The summed E-state index contributed by atoms with van der Waals surface area (Å²) in [5.41, 5.74) is 3.22. The van der Waals surface area contributed by atoms with Crippen molar-refractivity contribution in [2.75, 3.05) is 20.8 Å². The lowest BCUT2D eigenvalue weighted by Gasteiger charge is -2.14. The maximum absolute atomic E-state index is 14.0. The molecule has 0 fully saturated rings. The van der Waals surface area contributed by atoms with Crippen LogP contribution in [0.25, 0.3) is 11.8 Å². The predicted molar refractivity (Wildman–Crippen MR) is 134 cm³/mol. The van der Waals surface area contributed by atoms with E-state index in [4.69, 9.17) is 19.3 Å². The Bertz CT molecular complexity index is 1360. The molecule has 1 amide bonds. The summed E-state index contributed by atoms with van der Waals surface area (Å²) in [5, 5.41) is 11.8. The number of carboxylic acids is 1. The molecule has 0 aliphatic carbocycles. The van der Waals surface area contributed by atoms with Gasteiger partial charge in [-0.1, -0.05) is 30.3 Å². The highest BCUT2D eigenvalue weighted by molar-refractivity contribution is 6.17. The van der Waals surface area contributed by atoms with Gasteiger partial charge in [-0.3, -0.25) is 4.79 Å². The lowest BCUT2D eigenvalue weighted by Crippen LogP contribution is -2.25. The van der Waals surface area contributed by atoms with Crippen LogP contribution in [0.5, 0.6) is 17.2 Å². The van der Waals surface area contributed by atoms with Crippen LogP contribution in [0.15, 0.2) is 59.6 Å². The van der Waals surface area contributed by atoms with Crippen LogP contribution in [0.1, 0.15) is 28.8 Å². The van der Waals surface area contributed by atoms with Gasteiger partial charge in [-0.25, -0.2) is 14.8 Å². The summed E-state index contributed by atoms with van der Waals surface area (Å²) < 4.78 is 30.1. The Morgan fingerprint density at radius 2 is 1.76 bits per heavy atom. The number of fused-ring (bicyclic) bond motifs is 1. The first-order valence-corrected chi connectivity index (χ1v) is 11.3. The normalized spacial score (nSPS) is 13.1. The van der Waals surface area contributed by atoms with Crippen LogP contribution >= 0.6 is 0 Å². The van der Waals surface area contributed by atoms with E-state index in [-0.39, 0.29) is 29.6 Å². The zero-order valence-corrected chi connectivity index (χ0v) is 20.2. The molecule has 190 valence electrons. The number of hydrogen-bond donors (Lipinski definition) is 2. The lowest BCUT2D eigenvalue weighted by molar-refractivity contribution is -0.139. The Morgan fingerprint density at radius 3 is 2.41 bits per heavy atom. The summed E-state index contributed by atoms with van der Waals surface area (Å²) in [5.74, 6) is -1.44. The topological polar surface area (TPSA) is 119 Å². The molecule has 0 atom stereocenters. The molecule has 0 unspecified atom stereocenters. The molecule has 4 rings (SSSR count). The number of aromatic nitrogens is 1. The van der Waals surface area contributed by atoms with E-state index >= 15 is 0 Å². The Morgan fingerprint density at radius 1 is 1.05 bits per heavy atom. The van der Waals surface area contributed by atoms with Crippen molar-refractivity contribution in [3.05, 3.63) is 82.9 Å². The highest BCUT2D eigenvalue weighted by Gasteiger charge is 2.25. The molecule has 0 radical (unpaired) electrons. The number of carbonyl (C=O) groups excluding carboxylic acids is 1. The highest BCUT2D eigenvalue weighted by atomic mass is 19.1. The van der Waals surface area contributed by atoms with E-state index < -0.39 is 18.5 Å². The van der Waals surface area contributed by atoms with E-state index in [0.717, 1.165) is 5.56 Å². The SMILES string of the molecule is COc1cc(C=C2N=C(CC(=O)NCc3ccccc3)c3nc(F)ccc32)cc(OC)c1OCC(=O)O. The van der Waals surface area contributed by atoms with Gasteiger partial charge in [-0.2, -0.15) is 4.39 Å². The fourth-order valence-corrected chi connectivity index (χ4v) is 3.78. The van der Waals surface area contributed by atoms with Crippen LogP contribution < -0.4 is 19.5 Å². The van der Waals surface area contributed by atoms with Crippen molar-refractivity contribution in [2.24, 2.45) is 4.99 Å². The van der Waals surface area contributed by atoms with Gasteiger partial charge in [0.2, 0.25) is 17.6 Å². The van der Waals surface area contributed by atoms with Gasteiger partial charge < -0.3 is 24.6 Å². The van der Waals surface area contributed by atoms with Gasteiger partial charge in [0.1, 0.15) is 0 Å². The predicted octanol–water partition coefficient (Wildman–Crippen LogP) is 3.71. The molecule has 37 heavy (non-hydrogen) atoms. The molecule has 0 bridgehead atoms. The Balaban J connectivity index is 1.63. The van der Waals surface area contributed by atoms with Crippen molar-refractivity contribution < 1.29 is 33.3 Å². The van der Waals surface area contributed by atoms with Gasteiger partial charge in [0.05, 0.1) is 37.7 Å². The lowest BCUT2D eigenvalue weighted by atomic mass is 10.1. The molecule has 2 heterocycles. The number of halogens is 1. The van der Waals surface area contributed by atoms with Crippen LogP contribution in [-0.4, -0.2) is 48.5 Å². The molecule has 10 heteroatoms. The highest BCUT2D eigenvalue weighted by Crippen LogP contribution is 2.40. The average molecular weight is 506 g/mol. The zero-order valence-electron chi connectivity index (χ0n) is 20.2. The number of hydrogen-bond acceptors (Lipinski definition) is 7. The van der Waals surface area contributed by atoms with Crippen LogP contribution in [0.2, 0.25) is 0 Å². The standard InChI is InChI=1S/C27H24FN3O6/c1-35-21-11-17(12-22(36-2)27(21)37-15-25(33)34)10-19-18-8-9-23(28)31-26(18)20(30-19)13-24(32)29-14-16-6-4-3-5-7-16/h3-12H,13-15H2,1-2H3,(H,29,32)(H,33,34). The molecular weight excluding hydrogens is 481 g/mol. The number of rotatable bonds is 10. The first-order valence-electron chi connectivity index (χ1n) is 11.3. The van der Waals surface area contributed by atoms with Crippen molar-refractivity contribution >= 4 is 29.4 Å². The largest absolute Gasteiger partial charge is 0.493 e. The third-order valence-corrected chi connectivity index (χ3v) is 5.45. The average Bonchev–Trinajstić information content (AvgIpc) is 3.22. The van der Waals surface area contributed by atoms with Gasteiger partial charge in [-0.15, -0.1) is 0 Å². The number of nitrogens with one attached hydrogen (secondary N) is 1. The number of amides is 1. The van der Waals surface area contributed by atoms with Gasteiger partial charge in [-0.05, 0) is 41.5 Å². The fourth-order valence-electron chi connectivity index (χ4n) is 3.78. The van der Waals surface area contributed by atoms with Crippen molar-refractivity contribution in [3.63, 3.8) is 0 Å². The molecule has 9 nitrogen and oxygen atoms in total. The molecule has 1 aliphatic heterocycles. The minimum Gasteiger partial charge on any atom is -0.493 e. The van der Waals surface area contributed by atoms with E-state index in [1.165, 1.54) is 20.3 Å². The first-order chi connectivity index (χ1) is 17.9. The van der Waals surface area contributed by atoms with E-state index in [1.807, 2.05) is 30.3 Å². The second kappa shape index (κ2) is 11.3. The third kappa shape index (κ3) is 6.10. The van der Waals surface area contributed by atoms with Crippen LogP contribution in [0, 0.1) is 5.95 Å². The Hall–Kier alpha value is -4.73. The monoisotopic (exact) mass is 505 g/mol. The van der Waals surface area contributed by atoms with E-state index in [2.05, 4.69) is 15.3 Å². The van der Waals surface area contributed by atoms with Crippen molar-refractivity contribution in [3.8, 4) is 17.2 Å². The summed E-state index contributed by atoms with van der Waals surface area (Å²) >= 11 is 0. The first kappa shape index (κ1) is 25.4. The third-order valence-electron chi connectivity index (χ3n) is 5.45. The van der Waals surface area contributed by atoms with Gasteiger partial charge >= 0.3 is 5.97 Å². The van der Waals surface area contributed by atoms with E-state index in [9.17, 15) is 14.0 Å². The van der Waals surface area contributed by atoms with Crippen LogP contribution in [-0.2, 0) is 16.1 Å². The number of carboxylic acid groups (broad SMARTS) is 1. The summed E-state index contributed by atoms with van der Waals surface area (Å²) in [6, 6.07) is 15.5. The molecule has 2 N–H and O–H groups in total. The number of aliphatic imine (C=N–C) groups is 1. The smallest absolute Gasteiger partial charge is 0.341 e. The van der Waals surface area contributed by atoms with Crippen molar-refractivity contribution in [1.82, 2.24) is 10.3 Å². The number of aliphatic carboxylic acids is 1. The molecule has 0 saturated carbocycles. The molecular formula is C27H24FN3O6. The quantitative estimate of drug-likeness (QED) is 0.403. The molecule has 2 aromatic carbocycles. The Kier molecular flexibility index (Phi) is 7.77. The van der Waals surface area contributed by atoms with E-state index in [1.54, 1.807) is 24.3 Å². The molecule has 1 aromatic heterocycles. The number of pyridine rings is 1. The second-order valence-corrected chi connectivity index (χ2v) is 7.99. The molecule has 1 aliphatic rings. The molecule has 3 aromatic rings. The number of methoxy groups -OCH3 is 2. The maximum Gasteiger partial charge on any atom is 0.341 e. The number of nitrogens with zero attached hydrogens (tertiary/aromatic N) is 2. The summed E-state index contributed by atoms with van der Waals surface area (Å²) in [6.45, 7) is -0.216. The fraction of sp³-hybridized carbons (Fsp3) is 0.185. The van der Waals surface area contributed by atoms with E-state index in [0.29, 0.717) is 34.8 Å². The summed E-state index contributed by atoms with van der Waals surface area (Å²) in [7, 11) is 2.84. The zero-order chi connectivity index (χ0) is 26.4. The molecule has 0 spiro atoms. The Labute approximate surface area is 212 Å². The summed E-state index contributed by atoms with van der Waals surface area (Å²) in [6.07, 6.45) is 1.63. The van der Waals surface area contributed by atoms with Gasteiger partial charge in [0.25, 0.3) is 0 Å². The second-order valence-electron chi connectivity index (χ2n) is 7.99. The minimum absolute atomic E-state index is 0.0811. The van der Waals surface area contributed by atoms with Crippen molar-refractivity contribution in [2.45, 2.75) is 13.0 Å². The van der Waals surface area contributed by atoms with Crippen LogP contribution in [0.4, 0.5) is 4.39 Å². The van der Waals surface area contributed by atoms with Gasteiger partial charge in [0.15, 0.2) is 18.1 Å². The van der Waals surface area contributed by atoms with Crippen molar-refractivity contribution in [1.29, 1.82) is 0 Å². The number of carbonyl (C=O) groups is 2. The summed E-state index contributed by atoms with van der Waals surface area (Å²) in [4.78, 5) is 32.1. The minimum atomic E-state index is -1.15. The number of benzene rings is 2. The van der Waals surface area contributed by atoms with Crippen LogP contribution in [0.3, 0.4) is 0 Å². The van der Waals surface area contributed by atoms with Gasteiger partial charge in [0, 0.05) is 12.1 Å².